The van der Waals surface area contributed by atoms with Gasteiger partial charge in [-0.2, -0.15) is 0 Å². The van der Waals surface area contributed by atoms with Crippen molar-refractivity contribution in [1.82, 2.24) is 4.98 Å². The Morgan fingerprint density at radius 2 is 2.07 bits per heavy atom. The van der Waals surface area contributed by atoms with E-state index in [1.54, 1.807) is 6.07 Å². The first-order valence-electron chi connectivity index (χ1n) is 5.23. The van der Waals surface area contributed by atoms with Gasteiger partial charge in [0.15, 0.2) is 6.29 Å². The van der Waals surface area contributed by atoms with Gasteiger partial charge in [-0.25, -0.2) is 4.98 Å². The average Bonchev–Trinajstić information content (AvgIpc) is 3.11. The van der Waals surface area contributed by atoms with Crippen molar-refractivity contribution in [3.63, 3.8) is 0 Å². The number of carbonyl (C=O) groups is 1. The molecule has 74 valence electrons. The van der Waals surface area contributed by atoms with Gasteiger partial charge < -0.3 is 0 Å². The summed E-state index contributed by atoms with van der Waals surface area (Å²) in [6, 6.07) is 9.98. The second-order valence-corrected chi connectivity index (χ2v) is 4.05. The lowest BCUT2D eigenvalue weighted by molar-refractivity contribution is 0.111. The highest BCUT2D eigenvalue weighted by Crippen LogP contribution is 2.42. The van der Waals surface area contributed by atoms with Gasteiger partial charge in [-0.3, -0.25) is 4.79 Å². The minimum Gasteiger partial charge on any atom is -0.296 e. The van der Waals surface area contributed by atoms with Crippen molar-refractivity contribution in [2.24, 2.45) is 0 Å². The van der Waals surface area contributed by atoms with Crippen LogP contribution in [-0.2, 0) is 0 Å². The number of nitrogens with zero attached hydrogens (tertiary/aromatic N) is 1. The fourth-order valence-electron chi connectivity index (χ4n) is 1.97. The first-order valence-corrected chi connectivity index (χ1v) is 5.23. The van der Waals surface area contributed by atoms with Crippen LogP contribution in [0.1, 0.15) is 34.8 Å². The zero-order valence-electron chi connectivity index (χ0n) is 8.31. The minimum absolute atomic E-state index is 0.524. The third kappa shape index (κ3) is 1.42. The normalized spacial score (nSPS) is 15.5. The standard InChI is InChI=1S/C13H11NO/c15-8-11-7-6-10-2-1-3-12(9-4-5-9)13(10)14-11/h1-3,6-9H,4-5H2. The molecular formula is C13H11NO. The van der Waals surface area contributed by atoms with Crippen LogP contribution >= 0.6 is 0 Å². The van der Waals surface area contributed by atoms with Gasteiger partial charge in [0, 0.05) is 5.39 Å². The molecule has 1 saturated carbocycles. The van der Waals surface area contributed by atoms with Gasteiger partial charge >= 0.3 is 0 Å². The quantitative estimate of drug-likeness (QED) is 0.693. The number of para-hydroxylation sites is 1. The fraction of sp³-hybridized carbons (Fsp3) is 0.231. The number of fused-ring (bicyclic) bond motifs is 1. The van der Waals surface area contributed by atoms with Crippen LogP contribution in [0, 0.1) is 0 Å². The molecule has 0 spiro atoms. The average molecular weight is 197 g/mol. The first-order chi connectivity index (χ1) is 7.38. The zero-order chi connectivity index (χ0) is 10.3. The van der Waals surface area contributed by atoms with Crippen molar-refractivity contribution in [3.05, 3.63) is 41.6 Å². The summed E-state index contributed by atoms with van der Waals surface area (Å²) in [5.41, 5.74) is 2.83. The summed E-state index contributed by atoms with van der Waals surface area (Å²) in [6.07, 6.45) is 3.32. The van der Waals surface area contributed by atoms with E-state index in [-0.39, 0.29) is 0 Å². The molecule has 2 aromatic rings. The van der Waals surface area contributed by atoms with Crippen LogP contribution in [0.2, 0.25) is 0 Å². The molecule has 2 heteroatoms. The molecule has 0 aliphatic heterocycles. The molecule has 0 atom stereocenters. The van der Waals surface area contributed by atoms with E-state index in [1.807, 2.05) is 12.1 Å². The highest BCUT2D eigenvalue weighted by Gasteiger charge is 2.25. The van der Waals surface area contributed by atoms with E-state index in [1.165, 1.54) is 18.4 Å². The van der Waals surface area contributed by atoms with Crippen molar-refractivity contribution in [3.8, 4) is 0 Å². The lowest BCUT2D eigenvalue weighted by Crippen LogP contribution is -1.91. The summed E-state index contributed by atoms with van der Waals surface area (Å²) < 4.78 is 0. The Labute approximate surface area is 87.9 Å². The van der Waals surface area contributed by atoms with E-state index in [2.05, 4.69) is 17.1 Å². The van der Waals surface area contributed by atoms with Crippen molar-refractivity contribution < 1.29 is 4.79 Å². The molecule has 0 amide bonds. The summed E-state index contributed by atoms with van der Waals surface area (Å²) in [7, 11) is 0. The summed E-state index contributed by atoms with van der Waals surface area (Å²) >= 11 is 0. The Morgan fingerprint density at radius 1 is 1.20 bits per heavy atom. The van der Waals surface area contributed by atoms with Gasteiger partial charge in [-0.15, -0.1) is 0 Å². The summed E-state index contributed by atoms with van der Waals surface area (Å²) in [5.74, 6) is 0.670. The van der Waals surface area contributed by atoms with Gasteiger partial charge in [0.05, 0.1) is 5.52 Å². The van der Waals surface area contributed by atoms with Crippen molar-refractivity contribution in [2.75, 3.05) is 0 Å². The van der Waals surface area contributed by atoms with Crippen LogP contribution in [-0.4, -0.2) is 11.3 Å². The molecule has 2 nitrogen and oxygen atoms in total. The number of carbonyl (C=O) groups excluding carboxylic acids is 1. The lowest BCUT2D eigenvalue weighted by atomic mass is 10.1. The molecule has 0 radical (unpaired) electrons. The van der Waals surface area contributed by atoms with E-state index in [0.29, 0.717) is 11.6 Å². The Kier molecular flexibility index (Phi) is 1.81. The maximum absolute atomic E-state index is 10.7. The largest absolute Gasteiger partial charge is 0.296 e. The predicted octanol–water partition coefficient (Wildman–Crippen LogP) is 2.92. The van der Waals surface area contributed by atoms with Crippen LogP contribution < -0.4 is 0 Å². The number of benzene rings is 1. The van der Waals surface area contributed by atoms with Crippen LogP contribution in [0.15, 0.2) is 30.3 Å². The Bertz CT molecular complexity index is 529. The molecule has 0 N–H and O–H groups in total. The number of hydrogen-bond acceptors (Lipinski definition) is 2. The molecule has 1 heterocycles. The molecule has 3 rings (SSSR count). The maximum Gasteiger partial charge on any atom is 0.168 e. The van der Waals surface area contributed by atoms with E-state index in [4.69, 9.17) is 0 Å². The molecule has 1 aromatic carbocycles. The Balaban J connectivity index is 2.29. The highest BCUT2D eigenvalue weighted by atomic mass is 16.1. The molecule has 0 unspecified atom stereocenters. The smallest absolute Gasteiger partial charge is 0.168 e. The molecular weight excluding hydrogens is 186 g/mol. The van der Waals surface area contributed by atoms with Crippen LogP contribution in [0.4, 0.5) is 0 Å². The first kappa shape index (κ1) is 8.60. The Morgan fingerprint density at radius 3 is 2.80 bits per heavy atom. The highest BCUT2D eigenvalue weighted by molar-refractivity contribution is 5.86. The third-order valence-electron chi connectivity index (χ3n) is 2.91. The minimum atomic E-state index is 0.524. The van der Waals surface area contributed by atoms with E-state index in [0.717, 1.165) is 17.2 Å². The number of rotatable bonds is 2. The molecule has 1 fully saturated rings. The van der Waals surface area contributed by atoms with Gasteiger partial charge in [0.25, 0.3) is 0 Å². The number of pyridine rings is 1. The summed E-state index contributed by atoms with van der Waals surface area (Å²) in [4.78, 5) is 15.1. The SMILES string of the molecule is O=Cc1ccc2cccc(C3CC3)c2n1. The van der Waals surface area contributed by atoms with Crippen molar-refractivity contribution >= 4 is 17.2 Å². The topological polar surface area (TPSA) is 30.0 Å². The fourth-order valence-corrected chi connectivity index (χ4v) is 1.97. The summed E-state index contributed by atoms with van der Waals surface area (Å²) in [5, 5.41) is 1.13. The molecule has 1 aliphatic rings. The lowest BCUT2D eigenvalue weighted by Gasteiger charge is -2.04. The van der Waals surface area contributed by atoms with Gasteiger partial charge in [0.1, 0.15) is 5.69 Å². The Hall–Kier alpha value is -1.70. The van der Waals surface area contributed by atoms with Crippen LogP contribution in [0.3, 0.4) is 0 Å². The molecule has 0 bridgehead atoms. The van der Waals surface area contributed by atoms with E-state index >= 15 is 0 Å². The van der Waals surface area contributed by atoms with Gasteiger partial charge in [0.2, 0.25) is 0 Å². The monoisotopic (exact) mass is 197 g/mol. The molecule has 1 aliphatic carbocycles. The van der Waals surface area contributed by atoms with E-state index in [9.17, 15) is 4.79 Å². The van der Waals surface area contributed by atoms with E-state index < -0.39 is 0 Å². The van der Waals surface area contributed by atoms with Gasteiger partial charge in [-0.05, 0) is 30.4 Å². The third-order valence-corrected chi connectivity index (χ3v) is 2.91. The zero-order valence-corrected chi connectivity index (χ0v) is 8.31. The molecule has 1 aromatic heterocycles. The number of hydrogen-bond donors (Lipinski definition) is 0. The maximum atomic E-state index is 10.7. The molecule has 0 saturated heterocycles. The molecule has 15 heavy (non-hydrogen) atoms. The van der Waals surface area contributed by atoms with Crippen molar-refractivity contribution in [2.45, 2.75) is 18.8 Å². The second-order valence-electron chi connectivity index (χ2n) is 4.05. The van der Waals surface area contributed by atoms with Crippen LogP contribution in [0.25, 0.3) is 10.9 Å². The second kappa shape index (κ2) is 3.16. The van der Waals surface area contributed by atoms with Gasteiger partial charge in [-0.1, -0.05) is 24.3 Å². The predicted molar refractivity (Wildman–Crippen MR) is 59.1 cm³/mol. The summed E-state index contributed by atoms with van der Waals surface area (Å²) in [6.45, 7) is 0. The number of aromatic nitrogens is 1. The van der Waals surface area contributed by atoms with Crippen molar-refractivity contribution in [1.29, 1.82) is 0 Å². The number of aldehydes is 1. The van der Waals surface area contributed by atoms with Crippen LogP contribution in [0.5, 0.6) is 0 Å².